The minimum absolute atomic E-state index is 0.0486. The number of esters is 2. The standard InChI is InChI=1S/C27H50O4/c1-15-19(2)17-31-22(29)26(12,24(7,8)9)16-20(3)25(10,11)27(13,21(28)30-14)18-23(4,5)6/h15,19-20H,1,16-18H2,2-14H3. The summed E-state index contributed by atoms with van der Waals surface area (Å²) in [6.45, 7) is 29.2. The van der Waals surface area contributed by atoms with Gasteiger partial charge >= 0.3 is 11.9 Å². The van der Waals surface area contributed by atoms with Gasteiger partial charge < -0.3 is 9.47 Å². The van der Waals surface area contributed by atoms with Crippen molar-refractivity contribution < 1.29 is 19.1 Å². The quantitative estimate of drug-likeness (QED) is 0.270. The van der Waals surface area contributed by atoms with Crippen molar-refractivity contribution in [2.45, 2.75) is 95.9 Å². The Labute approximate surface area is 192 Å². The predicted molar refractivity (Wildman–Crippen MR) is 130 cm³/mol. The summed E-state index contributed by atoms with van der Waals surface area (Å²) < 4.78 is 11.0. The summed E-state index contributed by atoms with van der Waals surface area (Å²) in [6.07, 6.45) is 3.10. The molecule has 0 aliphatic heterocycles. The molecule has 0 fully saturated rings. The normalized spacial score (nSPS) is 18.9. The van der Waals surface area contributed by atoms with Crippen LogP contribution in [0.15, 0.2) is 12.7 Å². The topological polar surface area (TPSA) is 52.6 Å². The molecule has 0 amide bonds. The zero-order valence-corrected chi connectivity index (χ0v) is 22.7. The highest BCUT2D eigenvalue weighted by molar-refractivity contribution is 5.78. The molecule has 0 saturated carbocycles. The van der Waals surface area contributed by atoms with Crippen LogP contribution >= 0.6 is 0 Å². The van der Waals surface area contributed by atoms with E-state index in [-0.39, 0.29) is 34.6 Å². The van der Waals surface area contributed by atoms with Gasteiger partial charge in [-0.2, -0.15) is 0 Å². The van der Waals surface area contributed by atoms with Crippen LogP contribution in [-0.2, 0) is 19.1 Å². The molecule has 0 aromatic rings. The van der Waals surface area contributed by atoms with Crippen LogP contribution in [0.25, 0.3) is 0 Å². The lowest BCUT2D eigenvalue weighted by molar-refractivity contribution is -0.171. The maximum atomic E-state index is 13.3. The average molecular weight is 439 g/mol. The highest BCUT2D eigenvalue weighted by Gasteiger charge is 2.55. The number of carbonyl (C=O) groups excluding carboxylic acids is 2. The van der Waals surface area contributed by atoms with Crippen LogP contribution in [-0.4, -0.2) is 25.7 Å². The van der Waals surface area contributed by atoms with Crippen LogP contribution in [0.4, 0.5) is 0 Å². The average Bonchev–Trinajstić information content (AvgIpc) is 2.61. The molecule has 0 heterocycles. The smallest absolute Gasteiger partial charge is 0.312 e. The summed E-state index contributed by atoms with van der Waals surface area (Å²) in [4.78, 5) is 26.4. The fourth-order valence-electron chi connectivity index (χ4n) is 4.39. The van der Waals surface area contributed by atoms with E-state index in [1.165, 1.54) is 7.11 Å². The molecule has 0 N–H and O–H groups in total. The predicted octanol–water partition coefficient (Wildman–Crippen LogP) is 7.07. The van der Waals surface area contributed by atoms with Crippen LogP contribution < -0.4 is 0 Å². The Morgan fingerprint density at radius 1 is 0.871 bits per heavy atom. The van der Waals surface area contributed by atoms with Crippen molar-refractivity contribution in [2.24, 2.45) is 38.9 Å². The monoisotopic (exact) mass is 438 g/mol. The van der Waals surface area contributed by atoms with Gasteiger partial charge in [0.1, 0.15) is 0 Å². The molecule has 4 heteroatoms. The summed E-state index contributed by atoms with van der Waals surface area (Å²) in [5.41, 5.74) is -2.16. The maximum absolute atomic E-state index is 13.3. The number of carbonyl (C=O) groups is 2. The van der Waals surface area contributed by atoms with E-state index in [1.807, 2.05) is 20.8 Å². The van der Waals surface area contributed by atoms with Gasteiger partial charge in [-0.3, -0.25) is 9.59 Å². The fourth-order valence-corrected chi connectivity index (χ4v) is 4.39. The van der Waals surface area contributed by atoms with Crippen molar-refractivity contribution in [3.8, 4) is 0 Å². The molecule has 4 atom stereocenters. The summed E-state index contributed by atoms with van der Waals surface area (Å²) in [5.74, 6) is -0.213. The summed E-state index contributed by atoms with van der Waals surface area (Å²) >= 11 is 0. The van der Waals surface area contributed by atoms with E-state index >= 15 is 0 Å². The molecule has 0 rings (SSSR count). The third-order valence-electron chi connectivity index (χ3n) is 7.87. The first-order chi connectivity index (χ1) is 13.7. The molecule has 4 nitrogen and oxygen atoms in total. The van der Waals surface area contributed by atoms with Crippen LogP contribution in [0.1, 0.15) is 95.9 Å². The minimum atomic E-state index is -0.705. The van der Waals surface area contributed by atoms with Crippen molar-refractivity contribution in [2.75, 3.05) is 13.7 Å². The Morgan fingerprint density at radius 2 is 1.35 bits per heavy atom. The number of hydrogen-bond acceptors (Lipinski definition) is 4. The van der Waals surface area contributed by atoms with Gasteiger partial charge in [0.15, 0.2) is 0 Å². The Bertz CT molecular complexity index is 635. The van der Waals surface area contributed by atoms with Gasteiger partial charge in [0, 0.05) is 5.92 Å². The molecule has 0 aliphatic carbocycles. The molecule has 31 heavy (non-hydrogen) atoms. The third kappa shape index (κ3) is 6.83. The summed E-state index contributed by atoms with van der Waals surface area (Å²) in [5, 5.41) is 0. The van der Waals surface area contributed by atoms with E-state index in [4.69, 9.17) is 9.47 Å². The SMILES string of the molecule is C=CC(C)COC(=O)C(C)(CC(C)C(C)(C)C(C)(CC(C)(C)C)C(=O)OC)C(C)(C)C. The number of methoxy groups -OCH3 is 1. The molecule has 0 radical (unpaired) electrons. The van der Waals surface area contributed by atoms with Gasteiger partial charge in [-0.15, -0.1) is 6.58 Å². The highest BCUT2D eigenvalue weighted by atomic mass is 16.5. The largest absolute Gasteiger partial charge is 0.469 e. The summed E-state index contributed by atoms with van der Waals surface area (Å²) in [6, 6.07) is 0. The molecular formula is C27H50O4. The molecule has 0 aromatic heterocycles. The van der Waals surface area contributed by atoms with Crippen LogP contribution in [0.2, 0.25) is 0 Å². The van der Waals surface area contributed by atoms with E-state index in [1.54, 1.807) is 6.08 Å². The summed E-state index contributed by atoms with van der Waals surface area (Å²) in [7, 11) is 1.46. The Balaban J connectivity index is 6.12. The van der Waals surface area contributed by atoms with E-state index in [0.717, 1.165) is 0 Å². The van der Waals surface area contributed by atoms with Gasteiger partial charge in [0.25, 0.3) is 0 Å². The minimum Gasteiger partial charge on any atom is -0.469 e. The number of ether oxygens (including phenoxy) is 2. The van der Waals surface area contributed by atoms with Crippen LogP contribution in [0.3, 0.4) is 0 Å². The van der Waals surface area contributed by atoms with Gasteiger partial charge in [0.05, 0.1) is 24.5 Å². The number of hydrogen-bond donors (Lipinski definition) is 0. The molecular weight excluding hydrogens is 388 g/mol. The van der Waals surface area contributed by atoms with E-state index < -0.39 is 16.2 Å². The second kappa shape index (κ2) is 10.1. The first-order valence-electron chi connectivity index (χ1n) is 11.6. The van der Waals surface area contributed by atoms with Crippen molar-refractivity contribution in [1.29, 1.82) is 0 Å². The van der Waals surface area contributed by atoms with Crippen molar-refractivity contribution in [1.82, 2.24) is 0 Å². The Morgan fingerprint density at radius 3 is 1.71 bits per heavy atom. The number of rotatable bonds is 10. The molecule has 0 saturated heterocycles. The Hall–Kier alpha value is -1.32. The van der Waals surface area contributed by atoms with Gasteiger partial charge in [0.2, 0.25) is 0 Å². The molecule has 182 valence electrons. The molecule has 4 unspecified atom stereocenters. The first kappa shape index (κ1) is 29.7. The van der Waals surface area contributed by atoms with Gasteiger partial charge in [-0.1, -0.05) is 75.3 Å². The zero-order valence-electron chi connectivity index (χ0n) is 22.7. The molecule has 0 aromatic carbocycles. The second-order valence-corrected chi connectivity index (χ2v) is 12.8. The van der Waals surface area contributed by atoms with E-state index in [9.17, 15) is 9.59 Å². The van der Waals surface area contributed by atoms with Gasteiger partial charge in [-0.05, 0) is 48.9 Å². The lowest BCUT2D eigenvalue weighted by Gasteiger charge is -2.51. The van der Waals surface area contributed by atoms with Gasteiger partial charge in [-0.25, -0.2) is 0 Å². The van der Waals surface area contributed by atoms with E-state index in [2.05, 4.69) is 68.9 Å². The molecule has 0 aliphatic rings. The molecule has 0 spiro atoms. The lowest BCUT2D eigenvalue weighted by atomic mass is 9.52. The third-order valence-corrected chi connectivity index (χ3v) is 7.87. The maximum Gasteiger partial charge on any atom is 0.312 e. The van der Waals surface area contributed by atoms with Crippen molar-refractivity contribution >= 4 is 11.9 Å². The zero-order chi connectivity index (χ0) is 25.1. The second-order valence-electron chi connectivity index (χ2n) is 12.8. The highest BCUT2D eigenvalue weighted by Crippen LogP contribution is 2.56. The fraction of sp³-hybridized carbons (Fsp3) is 0.852. The first-order valence-corrected chi connectivity index (χ1v) is 11.6. The lowest BCUT2D eigenvalue weighted by Crippen LogP contribution is -2.51. The van der Waals surface area contributed by atoms with Crippen molar-refractivity contribution in [3.63, 3.8) is 0 Å². The van der Waals surface area contributed by atoms with Crippen molar-refractivity contribution in [3.05, 3.63) is 12.7 Å². The van der Waals surface area contributed by atoms with Crippen LogP contribution in [0, 0.1) is 38.9 Å². The Kier molecular flexibility index (Phi) is 9.65. The van der Waals surface area contributed by atoms with Crippen LogP contribution in [0.5, 0.6) is 0 Å². The van der Waals surface area contributed by atoms with E-state index in [0.29, 0.717) is 19.4 Å². The molecule has 0 bridgehead atoms.